The molecule has 0 aliphatic heterocycles. The molecule has 0 spiro atoms. The molecule has 26 heavy (non-hydrogen) atoms. The molecule has 1 amide bonds. The van der Waals surface area contributed by atoms with Gasteiger partial charge in [-0.1, -0.05) is 32.9 Å². The van der Waals surface area contributed by atoms with Gasteiger partial charge in [0, 0.05) is 11.1 Å². The molecule has 2 atom stereocenters. The van der Waals surface area contributed by atoms with E-state index < -0.39 is 0 Å². The molecular weight excluding hydrogens is 328 g/mol. The minimum absolute atomic E-state index is 0.0780. The Balaban J connectivity index is 1.41. The standard InChI is InChI=1S/C20H24N4O2/c1-19(2)13-8-9-20(19,3)16(10-13)23-24-17(25)11-26-18-14-6-4-5-7-15(14)21-12-22-18/h4-7,12-13H,8-11H2,1-3H3,(H,24,25)/b23-16+. The number of hydrogen-bond acceptors (Lipinski definition) is 5. The molecule has 2 unspecified atom stereocenters. The van der Waals surface area contributed by atoms with Crippen LogP contribution in [0.4, 0.5) is 0 Å². The Morgan fingerprint density at radius 1 is 1.31 bits per heavy atom. The third kappa shape index (κ3) is 2.55. The fourth-order valence-electron chi connectivity index (χ4n) is 4.49. The van der Waals surface area contributed by atoms with E-state index in [1.165, 1.54) is 12.7 Å². The molecule has 0 radical (unpaired) electrons. The highest BCUT2D eigenvalue weighted by Crippen LogP contribution is 2.63. The summed E-state index contributed by atoms with van der Waals surface area (Å²) in [5.74, 6) is 0.794. The van der Waals surface area contributed by atoms with E-state index in [1.807, 2.05) is 24.3 Å². The Labute approximate surface area is 153 Å². The van der Waals surface area contributed by atoms with Crippen LogP contribution >= 0.6 is 0 Å². The molecule has 2 fully saturated rings. The lowest BCUT2D eigenvalue weighted by atomic mass is 9.70. The monoisotopic (exact) mass is 352 g/mol. The average Bonchev–Trinajstić information content (AvgIpc) is 2.98. The molecule has 2 saturated carbocycles. The molecule has 6 nitrogen and oxygen atoms in total. The summed E-state index contributed by atoms with van der Waals surface area (Å²) in [7, 11) is 0. The van der Waals surface area contributed by atoms with Crippen LogP contribution in [0.1, 0.15) is 40.0 Å². The minimum atomic E-state index is -0.274. The normalized spacial score (nSPS) is 27.8. The van der Waals surface area contributed by atoms with Crippen molar-refractivity contribution >= 4 is 22.5 Å². The van der Waals surface area contributed by atoms with E-state index in [-0.39, 0.29) is 23.3 Å². The number of hydrogen-bond donors (Lipinski definition) is 1. The summed E-state index contributed by atoms with van der Waals surface area (Å²) in [4.78, 5) is 20.5. The van der Waals surface area contributed by atoms with Crippen molar-refractivity contribution in [3.8, 4) is 5.88 Å². The number of aromatic nitrogens is 2. The Morgan fingerprint density at radius 2 is 2.12 bits per heavy atom. The number of benzene rings is 1. The van der Waals surface area contributed by atoms with Crippen LogP contribution in [0.2, 0.25) is 0 Å². The van der Waals surface area contributed by atoms with Crippen LogP contribution in [0.25, 0.3) is 10.9 Å². The first-order valence-electron chi connectivity index (χ1n) is 9.10. The number of carbonyl (C=O) groups excluding carboxylic acids is 1. The summed E-state index contributed by atoms with van der Waals surface area (Å²) in [6.45, 7) is 6.78. The van der Waals surface area contributed by atoms with Crippen LogP contribution in [0.5, 0.6) is 5.88 Å². The smallest absolute Gasteiger partial charge is 0.278 e. The molecular formula is C20H24N4O2. The molecule has 2 aliphatic rings. The van der Waals surface area contributed by atoms with Gasteiger partial charge < -0.3 is 4.74 Å². The first-order chi connectivity index (χ1) is 12.4. The summed E-state index contributed by atoms with van der Waals surface area (Å²) in [6, 6.07) is 7.55. The Hall–Kier alpha value is -2.50. The number of fused-ring (bicyclic) bond motifs is 3. The molecule has 4 rings (SSSR count). The number of rotatable bonds is 4. The fourth-order valence-corrected chi connectivity index (χ4v) is 4.49. The Bertz CT molecular complexity index is 887. The molecule has 136 valence electrons. The van der Waals surface area contributed by atoms with E-state index in [0.717, 1.165) is 29.5 Å². The van der Waals surface area contributed by atoms with Crippen molar-refractivity contribution in [1.29, 1.82) is 0 Å². The van der Waals surface area contributed by atoms with Gasteiger partial charge in [-0.3, -0.25) is 4.79 Å². The van der Waals surface area contributed by atoms with Gasteiger partial charge in [0.15, 0.2) is 6.61 Å². The average molecular weight is 352 g/mol. The third-order valence-electron chi connectivity index (χ3n) is 6.67. The van der Waals surface area contributed by atoms with E-state index in [4.69, 9.17) is 4.74 Å². The molecule has 1 aromatic carbocycles. The summed E-state index contributed by atoms with van der Waals surface area (Å²) >= 11 is 0. The number of hydrazone groups is 1. The van der Waals surface area contributed by atoms with Crippen LogP contribution in [-0.4, -0.2) is 28.2 Å². The zero-order chi connectivity index (χ0) is 18.4. The van der Waals surface area contributed by atoms with E-state index in [1.54, 1.807) is 0 Å². The maximum Gasteiger partial charge on any atom is 0.278 e. The van der Waals surface area contributed by atoms with Gasteiger partial charge in [-0.15, -0.1) is 0 Å². The quantitative estimate of drug-likeness (QED) is 0.856. The molecule has 0 saturated heterocycles. The number of nitrogens with zero attached hydrogens (tertiary/aromatic N) is 3. The second-order valence-corrected chi connectivity index (χ2v) is 8.07. The second kappa shape index (κ2) is 6.04. The number of para-hydroxylation sites is 1. The van der Waals surface area contributed by atoms with Crippen molar-refractivity contribution < 1.29 is 9.53 Å². The lowest BCUT2D eigenvalue weighted by Crippen LogP contribution is -2.35. The first-order valence-corrected chi connectivity index (χ1v) is 9.10. The van der Waals surface area contributed by atoms with Gasteiger partial charge in [-0.05, 0) is 42.7 Å². The highest BCUT2D eigenvalue weighted by molar-refractivity contribution is 5.95. The predicted octanol–water partition coefficient (Wildman–Crippen LogP) is 3.33. The summed E-state index contributed by atoms with van der Waals surface area (Å²) in [5, 5.41) is 5.24. The second-order valence-electron chi connectivity index (χ2n) is 8.07. The van der Waals surface area contributed by atoms with Crippen molar-refractivity contribution in [1.82, 2.24) is 15.4 Å². The maximum absolute atomic E-state index is 12.2. The zero-order valence-corrected chi connectivity index (χ0v) is 15.5. The van der Waals surface area contributed by atoms with Gasteiger partial charge in [0.05, 0.1) is 10.9 Å². The van der Waals surface area contributed by atoms with E-state index >= 15 is 0 Å². The minimum Gasteiger partial charge on any atom is -0.467 e. The van der Waals surface area contributed by atoms with Crippen LogP contribution < -0.4 is 10.2 Å². The molecule has 2 aliphatic carbocycles. The van der Waals surface area contributed by atoms with Gasteiger partial charge in [0.25, 0.3) is 5.91 Å². The van der Waals surface area contributed by atoms with Gasteiger partial charge in [-0.2, -0.15) is 5.10 Å². The lowest BCUT2D eigenvalue weighted by Gasteiger charge is -2.34. The predicted molar refractivity (Wildman–Crippen MR) is 99.8 cm³/mol. The van der Waals surface area contributed by atoms with E-state index in [9.17, 15) is 4.79 Å². The zero-order valence-electron chi connectivity index (χ0n) is 15.5. The van der Waals surface area contributed by atoms with Gasteiger partial charge in [0.2, 0.25) is 5.88 Å². The van der Waals surface area contributed by atoms with Crippen LogP contribution in [0.3, 0.4) is 0 Å². The lowest BCUT2D eigenvalue weighted by molar-refractivity contribution is -0.123. The molecule has 2 bridgehead atoms. The van der Waals surface area contributed by atoms with Gasteiger partial charge >= 0.3 is 0 Å². The third-order valence-corrected chi connectivity index (χ3v) is 6.67. The van der Waals surface area contributed by atoms with Crippen molar-refractivity contribution in [2.45, 2.75) is 40.0 Å². The van der Waals surface area contributed by atoms with Crippen molar-refractivity contribution in [3.05, 3.63) is 30.6 Å². The van der Waals surface area contributed by atoms with Crippen LogP contribution in [0.15, 0.2) is 35.7 Å². The van der Waals surface area contributed by atoms with Crippen LogP contribution in [0, 0.1) is 16.7 Å². The van der Waals surface area contributed by atoms with Crippen LogP contribution in [-0.2, 0) is 4.79 Å². The van der Waals surface area contributed by atoms with Crippen molar-refractivity contribution in [3.63, 3.8) is 0 Å². The largest absolute Gasteiger partial charge is 0.467 e. The Morgan fingerprint density at radius 3 is 2.85 bits per heavy atom. The molecule has 1 N–H and O–H groups in total. The summed E-state index contributed by atoms with van der Waals surface area (Å²) < 4.78 is 5.59. The number of amides is 1. The van der Waals surface area contributed by atoms with Gasteiger partial charge in [0.1, 0.15) is 6.33 Å². The maximum atomic E-state index is 12.2. The van der Waals surface area contributed by atoms with E-state index in [2.05, 4.69) is 41.3 Å². The highest BCUT2D eigenvalue weighted by Gasteiger charge is 2.59. The molecule has 1 heterocycles. The molecule has 6 heteroatoms. The number of ether oxygens (including phenoxy) is 1. The summed E-state index contributed by atoms with van der Waals surface area (Å²) in [5.41, 5.74) is 4.89. The van der Waals surface area contributed by atoms with Crippen molar-refractivity contribution in [2.24, 2.45) is 21.8 Å². The topological polar surface area (TPSA) is 76.5 Å². The number of carbonyl (C=O) groups is 1. The SMILES string of the molecule is CC12CCC(C/C1=N\NC(=O)COc1ncnc3ccccc13)C2(C)C. The molecule has 1 aromatic heterocycles. The molecule has 2 aromatic rings. The van der Waals surface area contributed by atoms with Gasteiger partial charge in [-0.25, -0.2) is 15.4 Å². The Kier molecular flexibility index (Phi) is 3.93. The first kappa shape index (κ1) is 16.9. The van der Waals surface area contributed by atoms with E-state index in [0.29, 0.717) is 11.8 Å². The summed E-state index contributed by atoms with van der Waals surface area (Å²) in [6.07, 6.45) is 4.80. The highest BCUT2D eigenvalue weighted by atomic mass is 16.5. The van der Waals surface area contributed by atoms with Crippen molar-refractivity contribution in [2.75, 3.05) is 6.61 Å². The number of nitrogens with one attached hydrogen (secondary N) is 1. The fraction of sp³-hybridized carbons (Fsp3) is 0.500.